The second-order valence-corrected chi connectivity index (χ2v) is 8.60. The van der Waals surface area contributed by atoms with Crippen LogP contribution >= 0.6 is 0 Å². The van der Waals surface area contributed by atoms with Crippen LogP contribution in [0.2, 0.25) is 0 Å². The maximum Gasteiger partial charge on any atom is 0.303 e. The van der Waals surface area contributed by atoms with Crippen molar-refractivity contribution in [3.05, 3.63) is 48.8 Å². The normalized spacial score (nSPS) is 9.95. The van der Waals surface area contributed by atoms with Crippen LogP contribution in [-0.4, -0.2) is 42.1 Å². The first kappa shape index (κ1) is 31.9. The van der Waals surface area contributed by atoms with Crippen molar-refractivity contribution in [3.63, 3.8) is 0 Å². The van der Waals surface area contributed by atoms with Crippen LogP contribution < -0.4 is 11.5 Å². The van der Waals surface area contributed by atoms with Crippen molar-refractivity contribution in [2.45, 2.75) is 78.1 Å². The molecule has 3 aromatic rings. The molecule has 0 amide bonds. The molecule has 2 heterocycles. The van der Waals surface area contributed by atoms with E-state index >= 15 is 0 Å². The van der Waals surface area contributed by atoms with Crippen LogP contribution in [0.4, 0.5) is 11.9 Å². The molecule has 0 atom stereocenters. The van der Waals surface area contributed by atoms with Gasteiger partial charge in [-0.2, -0.15) is 15.0 Å². The molecule has 38 heavy (non-hydrogen) atoms. The Morgan fingerprint density at radius 2 is 1.05 bits per heavy atom. The molecule has 0 radical (unpaired) electrons. The average molecular weight is 525 g/mol. The summed E-state index contributed by atoms with van der Waals surface area (Å²) in [6.07, 6.45) is 12.6. The molecule has 1 aromatic carbocycles. The van der Waals surface area contributed by atoms with E-state index in [0.29, 0.717) is 18.7 Å². The van der Waals surface area contributed by atoms with Crippen molar-refractivity contribution in [1.82, 2.24) is 19.9 Å². The summed E-state index contributed by atoms with van der Waals surface area (Å²) < 4.78 is 0. The summed E-state index contributed by atoms with van der Waals surface area (Å²) in [5, 5.41) is 16.4. The van der Waals surface area contributed by atoms with E-state index in [1.165, 1.54) is 12.8 Å². The van der Waals surface area contributed by atoms with Crippen molar-refractivity contribution < 1.29 is 19.8 Å². The first-order chi connectivity index (χ1) is 18.3. The number of carbonyl (C=O) groups is 2. The highest BCUT2D eigenvalue weighted by Gasteiger charge is 2.05. The Morgan fingerprint density at radius 1 is 0.632 bits per heavy atom. The van der Waals surface area contributed by atoms with E-state index in [0.717, 1.165) is 55.2 Å². The zero-order valence-corrected chi connectivity index (χ0v) is 22.3. The third kappa shape index (κ3) is 14.5. The number of aliphatic carboxylic acids is 2. The summed E-state index contributed by atoms with van der Waals surface area (Å²) in [6.45, 7) is 4.22. The second kappa shape index (κ2) is 19.1. The van der Waals surface area contributed by atoms with E-state index in [9.17, 15) is 9.59 Å². The third-order valence-electron chi connectivity index (χ3n) is 5.32. The minimum atomic E-state index is -0.675. The molecule has 0 aliphatic carbocycles. The number of nitrogens with two attached hydrogens (primary N) is 2. The standard InChI is InChI=1S/C14H12N6.2C7H14O2/c15-13-18-12(19-14(16)20-13)11-3-1-9(2-4-11)10-5-7-17-8-6-10;2*1-2-3-4-5-6-7(8)9/h1-8H,(H4,15,16,18,19,20);2*2-6H2,1H3,(H,8,9). The molecule has 6 N–H and O–H groups in total. The van der Waals surface area contributed by atoms with Crippen LogP contribution in [0.25, 0.3) is 22.5 Å². The number of pyridine rings is 1. The summed E-state index contributed by atoms with van der Waals surface area (Å²) in [5.41, 5.74) is 14.2. The molecule has 206 valence electrons. The van der Waals surface area contributed by atoms with E-state index in [1.54, 1.807) is 12.4 Å². The van der Waals surface area contributed by atoms with E-state index < -0.39 is 11.9 Å². The van der Waals surface area contributed by atoms with Crippen molar-refractivity contribution in [2.75, 3.05) is 11.5 Å². The van der Waals surface area contributed by atoms with Crippen LogP contribution in [0, 0.1) is 0 Å². The van der Waals surface area contributed by atoms with Crippen LogP contribution in [0.3, 0.4) is 0 Å². The minimum absolute atomic E-state index is 0.116. The predicted octanol–water partition coefficient (Wildman–Crippen LogP) is 5.85. The lowest BCUT2D eigenvalue weighted by atomic mass is 10.1. The summed E-state index contributed by atoms with van der Waals surface area (Å²) in [7, 11) is 0. The molecular formula is C28H40N6O4. The number of aromatic nitrogens is 4. The molecule has 0 bridgehead atoms. The summed E-state index contributed by atoms with van der Waals surface area (Å²) in [4.78, 5) is 35.8. The van der Waals surface area contributed by atoms with Gasteiger partial charge in [0.1, 0.15) is 0 Å². The van der Waals surface area contributed by atoms with E-state index in [4.69, 9.17) is 21.7 Å². The van der Waals surface area contributed by atoms with Gasteiger partial charge in [0.05, 0.1) is 0 Å². The zero-order chi connectivity index (χ0) is 28.2. The monoisotopic (exact) mass is 524 g/mol. The molecule has 3 rings (SSSR count). The summed E-state index contributed by atoms with van der Waals surface area (Å²) in [5.74, 6) is -0.648. The molecule has 0 saturated carbocycles. The highest BCUT2D eigenvalue weighted by Crippen LogP contribution is 2.23. The molecule has 0 spiro atoms. The maximum absolute atomic E-state index is 9.96. The van der Waals surface area contributed by atoms with Gasteiger partial charge >= 0.3 is 11.9 Å². The number of hydrogen-bond acceptors (Lipinski definition) is 8. The largest absolute Gasteiger partial charge is 0.481 e. The third-order valence-corrected chi connectivity index (χ3v) is 5.32. The van der Waals surface area contributed by atoms with Crippen LogP contribution in [0.1, 0.15) is 78.1 Å². The topological polar surface area (TPSA) is 178 Å². The van der Waals surface area contributed by atoms with Crippen molar-refractivity contribution in [2.24, 2.45) is 0 Å². The van der Waals surface area contributed by atoms with Gasteiger partial charge in [-0.05, 0) is 36.1 Å². The van der Waals surface area contributed by atoms with Gasteiger partial charge in [-0.3, -0.25) is 14.6 Å². The highest BCUT2D eigenvalue weighted by molar-refractivity contribution is 5.68. The number of unbranched alkanes of at least 4 members (excludes halogenated alkanes) is 6. The lowest BCUT2D eigenvalue weighted by Crippen LogP contribution is -2.04. The molecule has 0 fully saturated rings. The number of carboxylic acids is 2. The molecule has 0 saturated heterocycles. The lowest BCUT2D eigenvalue weighted by Gasteiger charge is -2.04. The number of benzene rings is 1. The lowest BCUT2D eigenvalue weighted by molar-refractivity contribution is -0.138. The number of hydrogen-bond donors (Lipinski definition) is 4. The number of rotatable bonds is 12. The predicted molar refractivity (Wildman–Crippen MR) is 150 cm³/mol. The van der Waals surface area contributed by atoms with Gasteiger partial charge < -0.3 is 21.7 Å². The van der Waals surface area contributed by atoms with Gasteiger partial charge in [0.2, 0.25) is 11.9 Å². The van der Waals surface area contributed by atoms with E-state index in [1.807, 2.05) is 36.4 Å². The minimum Gasteiger partial charge on any atom is -0.481 e. The fourth-order valence-electron chi connectivity index (χ4n) is 3.30. The van der Waals surface area contributed by atoms with Crippen molar-refractivity contribution >= 4 is 23.8 Å². The number of nitrogens with zero attached hydrogens (tertiary/aromatic N) is 4. The molecule has 2 aromatic heterocycles. The number of anilines is 2. The molecule has 0 unspecified atom stereocenters. The smallest absolute Gasteiger partial charge is 0.303 e. The van der Waals surface area contributed by atoms with Gasteiger partial charge in [-0.25, -0.2) is 0 Å². The Hall–Kier alpha value is -4.08. The Morgan fingerprint density at radius 3 is 1.47 bits per heavy atom. The van der Waals surface area contributed by atoms with E-state index in [2.05, 4.69) is 33.8 Å². The molecule has 0 aliphatic heterocycles. The van der Waals surface area contributed by atoms with Gasteiger partial charge in [-0.1, -0.05) is 76.6 Å². The van der Waals surface area contributed by atoms with Gasteiger partial charge in [0.25, 0.3) is 0 Å². The van der Waals surface area contributed by atoms with Gasteiger partial charge in [0, 0.05) is 30.8 Å². The van der Waals surface area contributed by atoms with Crippen molar-refractivity contribution in [3.8, 4) is 22.5 Å². The summed E-state index contributed by atoms with van der Waals surface area (Å²) in [6, 6.07) is 11.7. The average Bonchev–Trinajstić information content (AvgIpc) is 2.90. The van der Waals surface area contributed by atoms with Crippen LogP contribution in [-0.2, 0) is 9.59 Å². The first-order valence-electron chi connectivity index (χ1n) is 13.0. The quantitative estimate of drug-likeness (QED) is 0.210. The Balaban J connectivity index is 0.000000337. The van der Waals surface area contributed by atoms with Gasteiger partial charge in [-0.15, -0.1) is 0 Å². The molecular weight excluding hydrogens is 484 g/mol. The second-order valence-electron chi connectivity index (χ2n) is 8.60. The maximum atomic E-state index is 9.96. The Kier molecular flexibility index (Phi) is 16.0. The SMILES string of the molecule is CCCCCCC(=O)O.CCCCCCC(=O)O.Nc1nc(N)nc(-c2ccc(-c3ccncc3)cc2)n1. The molecule has 10 heteroatoms. The Labute approximate surface area is 224 Å². The van der Waals surface area contributed by atoms with Crippen molar-refractivity contribution in [1.29, 1.82) is 0 Å². The van der Waals surface area contributed by atoms with Gasteiger partial charge in [0.15, 0.2) is 5.82 Å². The number of nitrogen functional groups attached to an aromatic ring is 2. The molecule has 0 aliphatic rings. The van der Waals surface area contributed by atoms with Crippen LogP contribution in [0.5, 0.6) is 0 Å². The molecule has 10 nitrogen and oxygen atoms in total. The Bertz CT molecular complexity index is 1040. The fraction of sp³-hybridized carbons (Fsp3) is 0.429. The van der Waals surface area contributed by atoms with Crippen LogP contribution in [0.15, 0.2) is 48.8 Å². The zero-order valence-electron chi connectivity index (χ0n) is 22.3. The van der Waals surface area contributed by atoms with E-state index in [-0.39, 0.29) is 11.9 Å². The number of carboxylic acid groups (broad SMARTS) is 2. The highest BCUT2D eigenvalue weighted by atomic mass is 16.4. The first-order valence-corrected chi connectivity index (χ1v) is 13.0. The fourth-order valence-corrected chi connectivity index (χ4v) is 3.30. The summed E-state index contributed by atoms with van der Waals surface area (Å²) >= 11 is 0.